The van der Waals surface area contributed by atoms with Gasteiger partial charge in [-0.3, -0.25) is 4.79 Å². The lowest BCUT2D eigenvalue weighted by atomic mass is 10.1. The number of nitrogen functional groups attached to an aromatic ring is 1. The normalized spacial score (nSPS) is 14.4. The Morgan fingerprint density at radius 2 is 2.31 bits per heavy atom. The number of carbonyl (C=O) groups excluding carboxylic acids is 1. The molecule has 2 N–H and O–H groups in total. The topological polar surface area (TPSA) is 55.6 Å². The van der Waals surface area contributed by atoms with Gasteiger partial charge in [-0.05, 0) is 17.7 Å². The van der Waals surface area contributed by atoms with Crippen molar-refractivity contribution >= 4 is 11.6 Å². The molecular formula is C11H13FN2O2. The number of hydrogen-bond acceptors (Lipinski definition) is 3. The van der Waals surface area contributed by atoms with Crippen molar-refractivity contribution in [2.45, 2.75) is 6.54 Å². The Kier molecular flexibility index (Phi) is 2.78. The molecule has 1 heterocycles. The summed E-state index contributed by atoms with van der Waals surface area (Å²) < 4.78 is 18.1. The molecule has 0 atom stereocenters. The highest BCUT2D eigenvalue weighted by Gasteiger charge is 2.28. The molecule has 5 heteroatoms. The average Bonchev–Trinajstić information content (AvgIpc) is 2.54. The van der Waals surface area contributed by atoms with Crippen molar-refractivity contribution < 1.29 is 13.9 Å². The number of halogens is 1. The van der Waals surface area contributed by atoms with E-state index in [4.69, 9.17) is 10.5 Å². The summed E-state index contributed by atoms with van der Waals surface area (Å²) in [5.74, 6) is -0.584. The van der Waals surface area contributed by atoms with Crippen LogP contribution in [0.3, 0.4) is 0 Å². The van der Waals surface area contributed by atoms with Gasteiger partial charge in [-0.2, -0.15) is 0 Å². The van der Waals surface area contributed by atoms with E-state index in [-0.39, 0.29) is 11.6 Å². The van der Waals surface area contributed by atoms with E-state index < -0.39 is 5.82 Å². The standard InChI is InChI=1S/C11H13FN2O2/c1-16-3-2-14-6-7-4-9(12)10(13)5-8(7)11(14)15/h4-5H,2-3,6,13H2,1H3. The zero-order valence-corrected chi connectivity index (χ0v) is 9.00. The first-order valence-corrected chi connectivity index (χ1v) is 4.99. The minimum Gasteiger partial charge on any atom is -0.396 e. The molecule has 1 aliphatic heterocycles. The van der Waals surface area contributed by atoms with Crippen LogP contribution in [0.1, 0.15) is 15.9 Å². The number of amides is 1. The molecule has 0 spiro atoms. The molecule has 0 aromatic heterocycles. The van der Waals surface area contributed by atoms with Crippen LogP contribution in [-0.2, 0) is 11.3 Å². The molecule has 1 amide bonds. The first-order chi connectivity index (χ1) is 7.63. The molecular weight excluding hydrogens is 211 g/mol. The number of ether oxygens (including phenoxy) is 1. The minimum atomic E-state index is -0.472. The maximum absolute atomic E-state index is 13.2. The first kappa shape index (κ1) is 10.9. The summed E-state index contributed by atoms with van der Waals surface area (Å²) in [5, 5.41) is 0. The Labute approximate surface area is 92.8 Å². The molecule has 1 aromatic carbocycles. The summed E-state index contributed by atoms with van der Waals surface area (Å²) >= 11 is 0. The number of rotatable bonds is 3. The summed E-state index contributed by atoms with van der Waals surface area (Å²) in [6, 6.07) is 2.73. The molecule has 16 heavy (non-hydrogen) atoms. The first-order valence-electron chi connectivity index (χ1n) is 4.99. The van der Waals surface area contributed by atoms with E-state index in [1.807, 2.05) is 0 Å². The number of methoxy groups -OCH3 is 1. The van der Waals surface area contributed by atoms with Gasteiger partial charge in [-0.1, -0.05) is 0 Å². The Morgan fingerprint density at radius 1 is 1.56 bits per heavy atom. The van der Waals surface area contributed by atoms with Crippen molar-refractivity contribution in [1.29, 1.82) is 0 Å². The van der Waals surface area contributed by atoms with Gasteiger partial charge < -0.3 is 15.4 Å². The summed E-state index contributed by atoms with van der Waals surface area (Å²) in [7, 11) is 1.57. The molecule has 86 valence electrons. The van der Waals surface area contributed by atoms with E-state index in [0.717, 1.165) is 0 Å². The predicted octanol–water partition coefficient (Wildman–Crippen LogP) is 1.01. The van der Waals surface area contributed by atoms with Crippen LogP contribution in [-0.4, -0.2) is 31.1 Å². The Balaban J connectivity index is 2.24. The largest absolute Gasteiger partial charge is 0.396 e. The molecule has 1 aromatic rings. The zero-order chi connectivity index (χ0) is 11.7. The number of hydrogen-bond donors (Lipinski definition) is 1. The third kappa shape index (κ3) is 1.74. The monoisotopic (exact) mass is 224 g/mol. The molecule has 0 fully saturated rings. The molecule has 4 nitrogen and oxygen atoms in total. The van der Waals surface area contributed by atoms with Gasteiger partial charge in [0.25, 0.3) is 5.91 Å². The molecule has 0 unspecified atom stereocenters. The lowest BCUT2D eigenvalue weighted by Crippen LogP contribution is -2.27. The van der Waals surface area contributed by atoms with Crippen molar-refractivity contribution in [2.75, 3.05) is 26.0 Å². The summed E-state index contributed by atoms with van der Waals surface area (Å²) in [5.41, 5.74) is 6.63. The van der Waals surface area contributed by atoms with Crippen LogP contribution in [0.15, 0.2) is 12.1 Å². The van der Waals surface area contributed by atoms with E-state index in [1.54, 1.807) is 12.0 Å². The van der Waals surface area contributed by atoms with Gasteiger partial charge >= 0.3 is 0 Å². The fourth-order valence-electron chi connectivity index (χ4n) is 1.79. The van der Waals surface area contributed by atoms with Gasteiger partial charge in [-0.25, -0.2) is 4.39 Å². The van der Waals surface area contributed by atoms with Gasteiger partial charge in [0.1, 0.15) is 5.82 Å². The van der Waals surface area contributed by atoms with E-state index in [2.05, 4.69) is 0 Å². The Hall–Kier alpha value is -1.62. The second kappa shape index (κ2) is 4.09. The maximum atomic E-state index is 13.2. The van der Waals surface area contributed by atoms with Gasteiger partial charge in [0.05, 0.1) is 12.3 Å². The van der Waals surface area contributed by atoms with E-state index in [1.165, 1.54) is 12.1 Å². The third-order valence-electron chi connectivity index (χ3n) is 2.67. The lowest BCUT2D eigenvalue weighted by Gasteiger charge is -2.14. The quantitative estimate of drug-likeness (QED) is 0.779. The molecule has 0 aliphatic carbocycles. The molecule has 0 saturated heterocycles. The van der Waals surface area contributed by atoms with Gasteiger partial charge in [0.2, 0.25) is 0 Å². The highest BCUT2D eigenvalue weighted by atomic mass is 19.1. The van der Waals surface area contributed by atoms with Crippen LogP contribution in [0, 0.1) is 5.82 Å². The van der Waals surface area contributed by atoms with E-state index >= 15 is 0 Å². The highest BCUT2D eigenvalue weighted by Crippen LogP contribution is 2.26. The maximum Gasteiger partial charge on any atom is 0.254 e. The van der Waals surface area contributed by atoms with Crippen molar-refractivity contribution in [3.05, 3.63) is 29.1 Å². The minimum absolute atomic E-state index is 0.0145. The van der Waals surface area contributed by atoms with E-state index in [0.29, 0.717) is 30.8 Å². The highest BCUT2D eigenvalue weighted by molar-refractivity contribution is 5.99. The van der Waals surface area contributed by atoms with Crippen LogP contribution in [0.5, 0.6) is 0 Å². The summed E-state index contributed by atoms with van der Waals surface area (Å²) in [6.45, 7) is 1.40. The number of fused-ring (bicyclic) bond motifs is 1. The molecule has 0 radical (unpaired) electrons. The van der Waals surface area contributed by atoms with Crippen LogP contribution in [0.25, 0.3) is 0 Å². The second-order valence-corrected chi connectivity index (χ2v) is 3.75. The van der Waals surface area contributed by atoms with Crippen LogP contribution in [0.4, 0.5) is 10.1 Å². The van der Waals surface area contributed by atoms with Crippen molar-refractivity contribution in [2.24, 2.45) is 0 Å². The molecule has 2 rings (SSSR count). The fourth-order valence-corrected chi connectivity index (χ4v) is 1.79. The summed E-state index contributed by atoms with van der Waals surface area (Å²) in [4.78, 5) is 13.5. The number of carbonyl (C=O) groups is 1. The molecule has 0 saturated carbocycles. The SMILES string of the molecule is COCCN1Cc2cc(F)c(N)cc2C1=O. The average molecular weight is 224 g/mol. The Morgan fingerprint density at radius 3 is 3.00 bits per heavy atom. The third-order valence-corrected chi connectivity index (χ3v) is 2.67. The van der Waals surface area contributed by atoms with Gasteiger partial charge in [0, 0.05) is 25.8 Å². The van der Waals surface area contributed by atoms with E-state index in [9.17, 15) is 9.18 Å². The van der Waals surface area contributed by atoms with Crippen LogP contribution < -0.4 is 5.73 Å². The van der Waals surface area contributed by atoms with Crippen molar-refractivity contribution in [1.82, 2.24) is 4.90 Å². The van der Waals surface area contributed by atoms with Crippen molar-refractivity contribution in [3.63, 3.8) is 0 Å². The number of nitrogens with two attached hydrogens (primary N) is 1. The van der Waals surface area contributed by atoms with Crippen LogP contribution in [0.2, 0.25) is 0 Å². The second-order valence-electron chi connectivity index (χ2n) is 3.75. The number of benzene rings is 1. The van der Waals surface area contributed by atoms with Crippen molar-refractivity contribution in [3.8, 4) is 0 Å². The smallest absolute Gasteiger partial charge is 0.254 e. The number of anilines is 1. The number of nitrogens with zero attached hydrogens (tertiary/aromatic N) is 1. The predicted molar refractivity (Wildman–Crippen MR) is 57.4 cm³/mol. The fraction of sp³-hybridized carbons (Fsp3) is 0.364. The zero-order valence-electron chi connectivity index (χ0n) is 9.00. The van der Waals surface area contributed by atoms with Gasteiger partial charge in [0.15, 0.2) is 0 Å². The summed E-state index contributed by atoms with van der Waals surface area (Å²) in [6.07, 6.45) is 0. The lowest BCUT2D eigenvalue weighted by molar-refractivity contribution is 0.0719. The van der Waals surface area contributed by atoms with Gasteiger partial charge in [-0.15, -0.1) is 0 Å². The molecule has 1 aliphatic rings. The molecule has 0 bridgehead atoms. The Bertz CT molecular complexity index is 434. The van der Waals surface area contributed by atoms with Crippen LogP contribution >= 0.6 is 0 Å².